The van der Waals surface area contributed by atoms with Crippen LogP contribution in [-0.2, 0) is 17.6 Å². The molecular formula is C28H33NO. The fourth-order valence-electron chi connectivity index (χ4n) is 4.66. The average molecular weight is 400 g/mol. The van der Waals surface area contributed by atoms with Crippen LogP contribution >= 0.6 is 0 Å². The Labute approximate surface area is 181 Å². The SMILES string of the molecule is CC1=C(Cc2cc(C)c(C)cc2C)C=C(Cc2cc(C)c(N=C=O)c(C)c2)C(C)C1. The molecule has 2 nitrogen and oxygen atoms in total. The van der Waals surface area contributed by atoms with Gasteiger partial charge in [0.25, 0.3) is 0 Å². The Morgan fingerprint density at radius 2 is 1.50 bits per heavy atom. The lowest BCUT2D eigenvalue weighted by Crippen LogP contribution is -2.11. The Balaban J connectivity index is 1.90. The first-order valence-corrected chi connectivity index (χ1v) is 10.8. The van der Waals surface area contributed by atoms with Gasteiger partial charge in [0.15, 0.2) is 0 Å². The number of rotatable bonds is 5. The van der Waals surface area contributed by atoms with Gasteiger partial charge in [-0.1, -0.05) is 48.4 Å². The molecule has 30 heavy (non-hydrogen) atoms. The Morgan fingerprint density at radius 1 is 0.867 bits per heavy atom. The maximum absolute atomic E-state index is 10.7. The molecule has 0 saturated heterocycles. The summed E-state index contributed by atoms with van der Waals surface area (Å²) in [6.45, 7) is 15.3. The molecule has 1 aliphatic carbocycles. The molecule has 0 saturated carbocycles. The number of nitrogens with zero attached hydrogens (tertiary/aromatic N) is 1. The van der Waals surface area contributed by atoms with E-state index in [2.05, 4.69) is 70.0 Å². The van der Waals surface area contributed by atoms with Crippen LogP contribution in [0.3, 0.4) is 0 Å². The van der Waals surface area contributed by atoms with Gasteiger partial charge in [0.05, 0.1) is 5.69 Å². The van der Waals surface area contributed by atoms with Crippen LogP contribution in [0.4, 0.5) is 5.69 Å². The van der Waals surface area contributed by atoms with Crippen LogP contribution in [0.1, 0.15) is 59.2 Å². The number of aliphatic imine (C=N–C) groups is 1. The predicted octanol–water partition coefficient (Wildman–Crippen LogP) is 7.26. The van der Waals surface area contributed by atoms with Gasteiger partial charge in [-0.2, -0.15) is 4.99 Å². The monoisotopic (exact) mass is 399 g/mol. The zero-order valence-electron chi connectivity index (χ0n) is 19.4. The van der Waals surface area contributed by atoms with E-state index in [0.717, 1.165) is 36.1 Å². The maximum atomic E-state index is 10.7. The molecule has 2 aromatic rings. The molecule has 2 heteroatoms. The van der Waals surface area contributed by atoms with Gasteiger partial charge in [-0.15, -0.1) is 0 Å². The molecule has 1 unspecified atom stereocenters. The van der Waals surface area contributed by atoms with Gasteiger partial charge < -0.3 is 0 Å². The highest BCUT2D eigenvalue weighted by molar-refractivity contribution is 5.59. The molecule has 0 spiro atoms. The van der Waals surface area contributed by atoms with Gasteiger partial charge in [-0.25, -0.2) is 4.79 Å². The van der Waals surface area contributed by atoms with Crippen LogP contribution in [-0.4, -0.2) is 6.08 Å². The van der Waals surface area contributed by atoms with Crippen molar-refractivity contribution in [2.45, 2.75) is 67.7 Å². The summed E-state index contributed by atoms with van der Waals surface area (Å²) in [6.07, 6.45) is 7.18. The Morgan fingerprint density at radius 3 is 2.13 bits per heavy atom. The van der Waals surface area contributed by atoms with Gasteiger partial charge in [-0.05, 0) is 111 Å². The number of benzene rings is 2. The highest BCUT2D eigenvalue weighted by Crippen LogP contribution is 2.34. The van der Waals surface area contributed by atoms with Crippen molar-refractivity contribution in [3.05, 3.63) is 86.0 Å². The third-order valence-corrected chi connectivity index (χ3v) is 6.60. The number of allylic oxidation sites excluding steroid dienone is 4. The zero-order chi connectivity index (χ0) is 22.0. The minimum Gasteiger partial charge on any atom is -0.211 e. The van der Waals surface area contributed by atoms with E-state index in [1.165, 1.54) is 44.5 Å². The predicted molar refractivity (Wildman–Crippen MR) is 126 cm³/mol. The van der Waals surface area contributed by atoms with Crippen LogP contribution in [0.5, 0.6) is 0 Å². The van der Waals surface area contributed by atoms with E-state index >= 15 is 0 Å². The third kappa shape index (κ3) is 4.71. The molecule has 0 heterocycles. The van der Waals surface area contributed by atoms with Crippen LogP contribution in [0.15, 0.2) is 52.1 Å². The maximum Gasteiger partial charge on any atom is 0.240 e. The summed E-state index contributed by atoms with van der Waals surface area (Å²) in [5.74, 6) is 0.544. The molecule has 3 rings (SSSR count). The summed E-state index contributed by atoms with van der Waals surface area (Å²) in [7, 11) is 0. The van der Waals surface area contributed by atoms with E-state index in [4.69, 9.17) is 0 Å². The molecule has 0 aliphatic heterocycles. The van der Waals surface area contributed by atoms with Crippen molar-refractivity contribution >= 4 is 11.8 Å². The molecule has 0 bridgehead atoms. The second-order valence-electron chi connectivity index (χ2n) is 9.13. The average Bonchev–Trinajstić information content (AvgIpc) is 2.66. The molecule has 2 aromatic carbocycles. The van der Waals surface area contributed by atoms with Crippen molar-refractivity contribution < 1.29 is 4.79 Å². The van der Waals surface area contributed by atoms with Crippen LogP contribution in [0.25, 0.3) is 0 Å². The highest BCUT2D eigenvalue weighted by atomic mass is 16.1. The summed E-state index contributed by atoms with van der Waals surface area (Å²) < 4.78 is 0. The second-order valence-corrected chi connectivity index (χ2v) is 9.13. The molecule has 1 atom stereocenters. The summed E-state index contributed by atoms with van der Waals surface area (Å²) in [5, 5.41) is 0. The minimum atomic E-state index is 0.544. The molecular weight excluding hydrogens is 366 g/mol. The van der Waals surface area contributed by atoms with Crippen molar-refractivity contribution in [1.82, 2.24) is 0 Å². The van der Waals surface area contributed by atoms with Crippen molar-refractivity contribution in [3.63, 3.8) is 0 Å². The Kier molecular flexibility index (Phi) is 6.58. The molecule has 0 N–H and O–H groups in total. The smallest absolute Gasteiger partial charge is 0.211 e. The summed E-state index contributed by atoms with van der Waals surface area (Å²) >= 11 is 0. The largest absolute Gasteiger partial charge is 0.240 e. The van der Waals surface area contributed by atoms with Gasteiger partial charge >= 0.3 is 0 Å². The lowest BCUT2D eigenvalue weighted by molar-refractivity contribution is 0.565. The van der Waals surface area contributed by atoms with Gasteiger partial charge in [0.1, 0.15) is 0 Å². The van der Waals surface area contributed by atoms with Crippen molar-refractivity contribution in [1.29, 1.82) is 0 Å². The number of hydrogen-bond acceptors (Lipinski definition) is 2. The van der Waals surface area contributed by atoms with E-state index in [9.17, 15) is 4.79 Å². The summed E-state index contributed by atoms with van der Waals surface area (Å²) in [6, 6.07) is 8.99. The van der Waals surface area contributed by atoms with Gasteiger partial charge in [0, 0.05) is 0 Å². The minimum absolute atomic E-state index is 0.544. The summed E-state index contributed by atoms with van der Waals surface area (Å²) in [5.41, 5.74) is 14.1. The quantitative estimate of drug-likeness (QED) is 0.384. The first-order valence-electron chi connectivity index (χ1n) is 10.8. The second kappa shape index (κ2) is 8.98. The van der Waals surface area contributed by atoms with Crippen molar-refractivity contribution in [2.24, 2.45) is 10.9 Å². The van der Waals surface area contributed by atoms with E-state index in [0.29, 0.717) is 5.92 Å². The molecule has 156 valence electrons. The van der Waals surface area contributed by atoms with Crippen molar-refractivity contribution in [2.75, 3.05) is 0 Å². The first-order chi connectivity index (χ1) is 14.2. The topological polar surface area (TPSA) is 29.4 Å². The Bertz CT molecular complexity index is 1070. The van der Waals surface area contributed by atoms with Gasteiger partial charge in [0.2, 0.25) is 6.08 Å². The standard InChI is InChI=1S/C28H33NO/c1-17-8-19(3)25(12-18(17)2)14-27-15-26(20(4)9-21(27)5)13-24-10-22(6)28(29-16-30)23(7)11-24/h8,10-12,15,20H,9,13-14H2,1-7H3. The molecule has 0 aromatic heterocycles. The molecule has 1 aliphatic rings. The molecule has 0 amide bonds. The first kappa shape index (κ1) is 22.0. The van der Waals surface area contributed by atoms with Crippen molar-refractivity contribution in [3.8, 4) is 0 Å². The fourth-order valence-corrected chi connectivity index (χ4v) is 4.66. The number of hydrogen-bond donors (Lipinski definition) is 0. The fraction of sp³-hybridized carbons (Fsp3) is 0.393. The molecule has 0 radical (unpaired) electrons. The Hall–Kier alpha value is -2.70. The van der Waals surface area contributed by atoms with E-state index < -0.39 is 0 Å². The summed E-state index contributed by atoms with van der Waals surface area (Å²) in [4.78, 5) is 14.6. The lowest BCUT2D eigenvalue weighted by Gasteiger charge is -2.25. The number of isocyanates is 1. The van der Waals surface area contributed by atoms with E-state index in [-0.39, 0.29) is 0 Å². The highest BCUT2D eigenvalue weighted by Gasteiger charge is 2.19. The van der Waals surface area contributed by atoms with Crippen LogP contribution < -0.4 is 0 Å². The normalized spacial score (nSPS) is 16.4. The van der Waals surface area contributed by atoms with Crippen LogP contribution in [0.2, 0.25) is 0 Å². The molecule has 0 fully saturated rings. The lowest BCUT2D eigenvalue weighted by atomic mass is 9.80. The third-order valence-electron chi connectivity index (χ3n) is 6.60. The zero-order valence-corrected chi connectivity index (χ0v) is 19.4. The number of aryl methyl sites for hydroxylation is 5. The van der Waals surface area contributed by atoms with E-state index in [1.54, 1.807) is 6.08 Å². The van der Waals surface area contributed by atoms with E-state index in [1.807, 2.05) is 13.8 Å². The van der Waals surface area contributed by atoms with Gasteiger partial charge in [-0.3, -0.25) is 0 Å². The van der Waals surface area contributed by atoms with Crippen LogP contribution in [0, 0.1) is 40.5 Å². The number of carbonyl (C=O) groups excluding carboxylic acids is 1.